The van der Waals surface area contributed by atoms with Gasteiger partial charge in [0.05, 0.1) is 26.1 Å². The zero-order chi connectivity index (χ0) is 41.1. The average molecular weight is 794 g/mol. The van der Waals surface area contributed by atoms with Crippen LogP contribution in [0.3, 0.4) is 0 Å². The van der Waals surface area contributed by atoms with Gasteiger partial charge in [-0.25, -0.2) is 0 Å². The van der Waals surface area contributed by atoms with Crippen molar-refractivity contribution in [1.29, 1.82) is 0 Å². The maximum atomic E-state index is 13.8. The Kier molecular flexibility index (Phi) is 20.2. The number of carbonyl (C=O) groups is 2. The number of alkyl halides is 1. The third-order valence-corrected chi connectivity index (χ3v) is 9.17. The summed E-state index contributed by atoms with van der Waals surface area (Å²) in [5, 5.41) is 6.55. The molecule has 0 fully saturated rings. The lowest BCUT2D eigenvalue weighted by molar-refractivity contribution is -0.123. The fourth-order valence-electron chi connectivity index (χ4n) is 5.44. The lowest BCUT2D eigenvalue weighted by atomic mass is 9.97. The van der Waals surface area contributed by atoms with Crippen LogP contribution in [0.25, 0.3) is 6.08 Å². The second kappa shape index (κ2) is 23.9. The number of amides is 2. The summed E-state index contributed by atoms with van der Waals surface area (Å²) < 4.78 is 17.0. The van der Waals surface area contributed by atoms with Gasteiger partial charge in [-0.2, -0.15) is 0 Å². The van der Waals surface area contributed by atoms with E-state index in [1.807, 2.05) is 114 Å². The monoisotopic (exact) mass is 792 g/mol. The minimum atomic E-state index is -0.720. The molecule has 11 heteroatoms. The summed E-state index contributed by atoms with van der Waals surface area (Å²) in [5.41, 5.74) is 5.02. The number of hydrogen-bond acceptors (Lipinski definition) is 7. The number of hydrogen-bond donors (Lipinski definition) is 2. The zero-order valence-electron chi connectivity index (χ0n) is 33.7. The number of nitrogens with zero attached hydrogens (tertiary/aromatic N) is 2. The van der Waals surface area contributed by atoms with Crippen LogP contribution in [0.4, 0.5) is 0 Å². The van der Waals surface area contributed by atoms with Gasteiger partial charge in [0.2, 0.25) is 12.3 Å². The van der Waals surface area contributed by atoms with Crippen LogP contribution in [0.1, 0.15) is 43.0 Å². The van der Waals surface area contributed by atoms with Crippen LogP contribution in [0.5, 0.6) is 23.0 Å². The van der Waals surface area contributed by atoms with Crippen LogP contribution in [-0.2, 0) is 22.6 Å². The fourth-order valence-corrected chi connectivity index (χ4v) is 5.92. The van der Waals surface area contributed by atoms with Gasteiger partial charge < -0.3 is 34.6 Å². The molecule has 298 valence electrons. The Hall–Kier alpha value is -4.70. The van der Waals surface area contributed by atoms with Crippen molar-refractivity contribution in [3.05, 3.63) is 125 Å². The normalized spacial score (nSPS) is 15.0. The van der Waals surface area contributed by atoms with E-state index in [0.717, 1.165) is 40.0 Å². The van der Waals surface area contributed by atoms with Crippen molar-refractivity contribution in [2.75, 3.05) is 48.5 Å². The van der Waals surface area contributed by atoms with E-state index in [1.54, 1.807) is 37.3 Å². The number of ether oxygens (including phenoxy) is 3. The number of halogens is 2. The van der Waals surface area contributed by atoms with Crippen molar-refractivity contribution in [2.45, 2.75) is 52.1 Å². The van der Waals surface area contributed by atoms with Gasteiger partial charge in [-0.05, 0) is 98.2 Å². The Balaban J connectivity index is 0.00000163. The van der Waals surface area contributed by atoms with Crippen molar-refractivity contribution >= 4 is 41.6 Å². The molecule has 0 heterocycles. The van der Waals surface area contributed by atoms with E-state index in [2.05, 4.69) is 23.8 Å². The van der Waals surface area contributed by atoms with E-state index in [1.165, 1.54) is 0 Å². The predicted octanol–water partition coefficient (Wildman–Crippen LogP) is 8.75. The minimum Gasteiger partial charge on any atom is -0.493 e. The molecule has 0 saturated carbocycles. The number of benzene rings is 3. The second-order valence-corrected chi connectivity index (χ2v) is 14.2. The lowest BCUT2D eigenvalue weighted by Gasteiger charge is -2.26. The predicted molar refractivity (Wildman–Crippen MR) is 228 cm³/mol. The Bertz CT molecular complexity index is 1790. The summed E-state index contributed by atoms with van der Waals surface area (Å²) in [6, 6.07) is 18.3. The lowest BCUT2D eigenvalue weighted by Crippen LogP contribution is -2.46. The topological polar surface area (TPSA) is 92.4 Å². The Morgan fingerprint density at radius 3 is 2.29 bits per heavy atom. The summed E-state index contributed by atoms with van der Waals surface area (Å²) in [6.45, 7) is 16.7. The quantitative estimate of drug-likeness (QED) is 0.104. The van der Waals surface area contributed by atoms with E-state index < -0.39 is 6.04 Å². The van der Waals surface area contributed by atoms with Gasteiger partial charge in [0, 0.05) is 30.2 Å². The molecule has 4 rings (SSSR count). The van der Waals surface area contributed by atoms with Gasteiger partial charge in [0.25, 0.3) is 0 Å². The van der Waals surface area contributed by atoms with Gasteiger partial charge >= 0.3 is 0 Å². The SMILES string of the molecule is C=Cc1ccc(C)c(Oc2cccc(CC(NC(=C)CN(C=O)CC3=CC(C)C(Cl)C(Cl)=C3)C(=O)NCc3ccc(OC)c(OC)c3)c2)c1.CC.CN(C)C. The standard InChI is InChI=1S/C39H43Cl2N3O5.C3H9N.C2H6/c1-7-28-12-11-25(2)36(19-28)49-32-10-8-9-29(16-32)18-34(39(46)42-21-30-13-14-35(47-5)37(20-30)48-6)43-27(4)22-44(24-45)23-31-15-26(3)38(41)33(40)17-31;1-4(2)3;1-2/h7-17,19-20,24,26,34,38,43H,1,4,18,21-23H2,2-3,5-6H3,(H,42,46);1-3H3;1-2H3. The Labute approximate surface area is 338 Å². The van der Waals surface area contributed by atoms with E-state index >= 15 is 0 Å². The minimum absolute atomic E-state index is 0.0253. The van der Waals surface area contributed by atoms with Crippen LogP contribution in [0, 0.1) is 12.8 Å². The van der Waals surface area contributed by atoms with Gasteiger partial charge in [0.1, 0.15) is 17.5 Å². The van der Waals surface area contributed by atoms with Crippen molar-refractivity contribution in [1.82, 2.24) is 20.4 Å². The Morgan fingerprint density at radius 2 is 1.67 bits per heavy atom. The maximum absolute atomic E-state index is 13.8. The molecule has 3 unspecified atom stereocenters. The average Bonchev–Trinajstić information content (AvgIpc) is 3.16. The summed E-state index contributed by atoms with van der Waals surface area (Å²) in [6.07, 6.45) is 6.64. The Morgan fingerprint density at radius 1 is 0.982 bits per heavy atom. The highest BCUT2D eigenvalue weighted by atomic mass is 35.5. The van der Waals surface area contributed by atoms with E-state index in [-0.39, 0.29) is 30.3 Å². The van der Waals surface area contributed by atoms with Crippen LogP contribution >= 0.6 is 23.2 Å². The zero-order valence-corrected chi connectivity index (χ0v) is 35.3. The smallest absolute Gasteiger partial charge is 0.243 e. The molecule has 9 nitrogen and oxygen atoms in total. The molecule has 55 heavy (non-hydrogen) atoms. The molecular formula is C44H58Cl2N4O5. The van der Waals surface area contributed by atoms with Crippen LogP contribution in [-0.4, -0.2) is 82.0 Å². The molecule has 2 N–H and O–H groups in total. The second-order valence-electron chi connectivity index (χ2n) is 13.3. The molecule has 3 atom stereocenters. The van der Waals surface area contributed by atoms with E-state index in [9.17, 15) is 9.59 Å². The number of rotatable bonds is 17. The van der Waals surface area contributed by atoms with Crippen LogP contribution in [0.15, 0.2) is 102 Å². The number of carbonyl (C=O) groups excluding carboxylic acids is 2. The summed E-state index contributed by atoms with van der Waals surface area (Å²) >= 11 is 12.7. The molecule has 3 aromatic rings. The molecule has 1 aliphatic carbocycles. The highest BCUT2D eigenvalue weighted by Gasteiger charge is 2.23. The van der Waals surface area contributed by atoms with Gasteiger partial charge in [-0.3, -0.25) is 9.59 Å². The van der Waals surface area contributed by atoms with Crippen molar-refractivity contribution in [2.24, 2.45) is 5.92 Å². The first-order valence-corrected chi connectivity index (χ1v) is 19.0. The first kappa shape index (κ1) is 46.5. The summed E-state index contributed by atoms with van der Waals surface area (Å²) in [7, 11) is 9.13. The fraction of sp³-hybridized carbons (Fsp3) is 0.364. The van der Waals surface area contributed by atoms with E-state index in [0.29, 0.717) is 40.9 Å². The molecule has 0 aromatic heterocycles. The first-order chi connectivity index (χ1) is 26.3. The molecule has 0 spiro atoms. The highest BCUT2D eigenvalue weighted by molar-refractivity contribution is 6.37. The number of allylic oxidation sites excluding steroid dienone is 2. The number of aryl methyl sites for hydroxylation is 1. The molecule has 0 radical (unpaired) electrons. The summed E-state index contributed by atoms with van der Waals surface area (Å²) in [5.74, 6) is 2.30. The molecule has 0 aliphatic heterocycles. The third-order valence-electron chi connectivity index (χ3n) is 8.08. The van der Waals surface area contributed by atoms with Crippen LogP contribution in [0.2, 0.25) is 0 Å². The maximum Gasteiger partial charge on any atom is 0.243 e. The van der Waals surface area contributed by atoms with Crippen molar-refractivity contribution < 1.29 is 23.8 Å². The number of methoxy groups -OCH3 is 2. The third kappa shape index (κ3) is 15.5. The van der Waals surface area contributed by atoms with E-state index in [4.69, 9.17) is 37.4 Å². The highest BCUT2D eigenvalue weighted by Crippen LogP contribution is 2.31. The van der Waals surface area contributed by atoms with Crippen LogP contribution < -0.4 is 24.8 Å². The van der Waals surface area contributed by atoms with Crippen molar-refractivity contribution in [3.8, 4) is 23.0 Å². The number of nitrogens with one attached hydrogen (secondary N) is 2. The van der Waals surface area contributed by atoms with Gasteiger partial charge in [0.15, 0.2) is 11.5 Å². The first-order valence-electron chi connectivity index (χ1n) is 18.2. The largest absolute Gasteiger partial charge is 0.493 e. The summed E-state index contributed by atoms with van der Waals surface area (Å²) in [4.78, 5) is 29.4. The van der Waals surface area contributed by atoms with Gasteiger partial charge in [-0.1, -0.05) is 88.0 Å². The molecule has 3 aromatic carbocycles. The molecule has 1 aliphatic rings. The molecule has 2 amide bonds. The molecular weight excluding hydrogens is 735 g/mol. The molecule has 0 saturated heterocycles. The molecule has 0 bridgehead atoms. The van der Waals surface area contributed by atoms with Gasteiger partial charge in [-0.15, -0.1) is 11.6 Å². The van der Waals surface area contributed by atoms with Crippen molar-refractivity contribution in [3.63, 3.8) is 0 Å².